The third-order valence-corrected chi connectivity index (χ3v) is 5.68. The third kappa shape index (κ3) is 3.19. The normalized spacial score (nSPS) is 43.6. The first-order chi connectivity index (χ1) is 9.63. The van der Waals surface area contributed by atoms with Crippen LogP contribution in [-0.4, -0.2) is 73.9 Å². The Bertz CT molecular complexity index is 325. The van der Waals surface area contributed by atoms with Crippen molar-refractivity contribution >= 4 is 0 Å². The van der Waals surface area contributed by atoms with E-state index >= 15 is 0 Å². The number of fused-ring (bicyclic) bond motifs is 1. The lowest BCUT2D eigenvalue weighted by Gasteiger charge is -2.41. The van der Waals surface area contributed by atoms with Gasteiger partial charge in [-0.25, -0.2) is 0 Å². The van der Waals surface area contributed by atoms with E-state index in [0.717, 1.165) is 25.6 Å². The van der Waals surface area contributed by atoms with Crippen molar-refractivity contribution in [2.45, 2.75) is 57.3 Å². The SMILES string of the molecule is CC1CN(C)C(C)CC1NCC1CN2CCCC2CO1. The van der Waals surface area contributed by atoms with Gasteiger partial charge in [0.05, 0.1) is 12.7 Å². The number of likely N-dealkylation sites (tertiary alicyclic amines) is 1. The number of ether oxygens (including phenoxy) is 1. The molecule has 116 valence electrons. The van der Waals surface area contributed by atoms with E-state index in [1.807, 2.05) is 0 Å². The summed E-state index contributed by atoms with van der Waals surface area (Å²) in [4.78, 5) is 5.12. The lowest BCUT2D eigenvalue weighted by Crippen LogP contribution is -2.55. The molecule has 3 aliphatic rings. The molecule has 0 spiro atoms. The van der Waals surface area contributed by atoms with Crippen LogP contribution >= 0.6 is 0 Å². The van der Waals surface area contributed by atoms with Gasteiger partial charge in [-0.3, -0.25) is 4.90 Å². The fourth-order valence-electron chi connectivity index (χ4n) is 4.12. The highest BCUT2D eigenvalue weighted by molar-refractivity contribution is 4.89. The average Bonchev–Trinajstić information content (AvgIpc) is 2.89. The molecule has 3 saturated heterocycles. The van der Waals surface area contributed by atoms with Crippen molar-refractivity contribution in [1.29, 1.82) is 0 Å². The molecule has 0 aromatic heterocycles. The Morgan fingerprint density at radius 1 is 1.25 bits per heavy atom. The predicted octanol–water partition coefficient (Wildman–Crippen LogP) is 1.17. The van der Waals surface area contributed by atoms with E-state index in [9.17, 15) is 0 Å². The molecule has 3 heterocycles. The van der Waals surface area contributed by atoms with Crippen molar-refractivity contribution in [2.75, 3.05) is 39.8 Å². The van der Waals surface area contributed by atoms with Crippen molar-refractivity contribution in [2.24, 2.45) is 5.92 Å². The maximum atomic E-state index is 6.05. The average molecular weight is 281 g/mol. The number of nitrogens with zero attached hydrogens (tertiary/aromatic N) is 2. The summed E-state index contributed by atoms with van der Waals surface area (Å²) in [6.45, 7) is 10.3. The molecule has 1 N–H and O–H groups in total. The highest BCUT2D eigenvalue weighted by atomic mass is 16.5. The molecule has 3 aliphatic heterocycles. The van der Waals surface area contributed by atoms with Crippen LogP contribution in [0.15, 0.2) is 0 Å². The largest absolute Gasteiger partial charge is 0.374 e. The highest BCUT2D eigenvalue weighted by Gasteiger charge is 2.33. The second-order valence-electron chi connectivity index (χ2n) is 7.26. The second-order valence-corrected chi connectivity index (χ2v) is 7.26. The molecule has 0 saturated carbocycles. The summed E-state index contributed by atoms with van der Waals surface area (Å²) in [6, 6.07) is 2.06. The number of hydrogen-bond acceptors (Lipinski definition) is 4. The molecule has 3 fully saturated rings. The van der Waals surface area contributed by atoms with Crippen LogP contribution in [0.1, 0.15) is 33.1 Å². The Labute approximate surface area is 123 Å². The number of piperidine rings is 1. The third-order valence-electron chi connectivity index (χ3n) is 5.68. The molecule has 20 heavy (non-hydrogen) atoms. The topological polar surface area (TPSA) is 27.7 Å². The zero-order valence-corrected chi connectivity index (χ0v) is 13.3. The minimum absolute atomic E-state index is 0.395. The van der Waals surface area contributed by atoms with Crippen molar-refractivity contribution in [3.05, 3.63) is 0 Å². The molecule has 5 atom stereocenters. The number of nitrogens with one attached hydrogen (secondary N) is 1. The van der Waals surface area contributed by atoms with Crippen LogP contribution in [0.5, 0.6) is 0 Å². The van der Waals surface area contributed by atoms with E-state index in [2.05, 4.69) is 36.0 Å². The number of hydrogen-bond donors (Lipinski definition) is 1. The Morgan fingerprint density at radius 3 is 2.95 bits per heavy atom. The summed E-state index contributed by atoms with van der Waals surface area (Å²) in [6.07, 6.45) is 4.35. The van der Waals surface area contributed by atoms with E-state index in [-0.39, 0.29) is 0 Å². The van der Waals surface area contributed by atoms with Crippen LogP contribution in [0.3, 0.4) is 0 Å². The number of morpholine rings is 1. The van der Waals surface area contributed by atoms with Crippen molar-refractivity contribution in [3.8, 4) is 0 Å². The molecule has 5 unspecified atom stereocenters. The molecule has 0 amide bonds. The molecule has 0 aromatic carbocycles. The Kier molecular flexibility index (Phi) is 4.65. The Balaban J connectivity index is 1.45. The van der Waals surface area contributed by atoms with Crippen LogP contribution in [-0.2, 0) is 4.74 Å². The van der Waals surface area contributed by atoms with Gasteiger partial charge in [0.1, 0.15) is 0 Å². The summed E-state index contributed by atoms with van der Waals surface area (Å²) in [5, 5.41) is 3.79. The summed E-state index contributed by atoms with van der Waals surface area (Å²) in [5.74, 6) is 0.735. The molecular weight excluding hydrogens is 250 g/mol. The second kappa shape index (κ2) is 6.30. The van der Waals surface area contributed by atoms with Gasteiger partial charge >= 0.3 is 0 Å². The molecule has 0 aliphatic carbocycles. The summed E-state index contributed by atoms with van der Waals surface area (Å²) in [7, 11) is 2.25. The van der Waals surface area contributed by atoms with Gasteiger partial charge in [-0.1, -0.05) is 6.92 Å². The maximum absolute atomic E-state index is 6.05. The van der Waals surface area contributed by atoms with Gasteiger partial charge in [0.15, 0.2) is 0 Å². The summed E-state index contributed by atoms with van der Waals surface area (Å²) >= 11 is 0. The molecule has 0 radical (unpaired) electrons. The van der Waals surface area contributed by atoms with Gasteiger partial charge in [0.25, 0.3) is 0 Å². The first kappa shape index (κ1) is 14.8. The summed E-state index contributed by atoms with van der Waals surface area (Å²) in [5.41, 5.74) is 0. The van der Waals surface area contributed by atoms with E-state index in [0.29, 0.717) is 24.2 Å². The molecule has 3 rings (SSSR count). The summed E-state index contributed by atoms with van der Waals surface area (Å²) < 4.78 is 6.05. The van der Waals surface area contributed by atoms with Gasteiger partial charge in [0, 0.05) is 37.8 Å². The zero-order chi connectivity index (χ0) is 14.1. The smallest absolute Gasteiger partial charge is 0.0827 e. The Morgan fingerprint density at radius 2 is 2.10 bits per heavy atom. The van der Waals surface area contributed by atoms with E-state index in [1.165, 1.54) is 32.4 Å². The molecular formula is C16H31N3O. The maximum Gasteiger partial charge on any atom is 0.0827 e. The van der Waals surface area contributed by atoms with Crippen molar-refractivity contribution in [1.82, 2.24) is 15.1 Å². The van der Waals surface area contributed by atoms with Crippen LogP contribution < -0.4 is 5.32 Å². The fourth-order valence-corrected chi connectivity index (χ4v) is 4.12. The lowest BCUT2D eigenvalue weighted by atomic mass is 9.90. The van der Waals surface area contributed by atoms with Gasteiger partial charge in [0.2, 0.25) is 0 Å². The van der Waals surface area contributed by atoms with Crippen LogP contribution in [0.25, 0.3) is 0 Å². The van der Waals surface area contributed by atoms with Crippen LogP contribution in [0, 0.1) is 5.92 Å². The minimum atomic E-state index is 0.395. The van der Waals surface area contributed by atoms with Crippen LogP contribution in [0.4, 0.5) is 0 Å². The molecule has 4 heteroatoms. The van der Waals surface area contributed by atoms with Gasteiger partial charge in [-0.2, -0.15) is 0 Å². The van der Waals surface area contributed by atoms with Gasteiger partial charge in [-0.15, -0.1) is 0 Å². The number of rotatable bonds is 3. The Hall–Kier alpha value is -0.160. The standard InChI is InChI=1S/C16H31N3O/c1-12-9-18(3)13(2)7-16(12)17-8-15-10-19-6-4-5-14(19)11-20-15/h12-17H,4-11H2,1-3H3. The highest BCUT2D eigenvalue weighted by Crippen LogP contribution is 2.23. The van der Waals surface area contributed by atoms with E-state index in [4.69, 9.17) is 4.74 Å². The quantitative estimate of drug-likeness (QED) is 0.840. The first-order valence-corrected chi connectivity index (χ1v) is 8.42. The monoisotopic (exact) mass is 281 g/mol. The van der Waals surface area contributed by atoms with Crippen LogP contribution in [0.2, 0.25) is 0 Å². The molecule has 4 nitrogen and oxygen atoms in total. The molecule has 0 bridgehead atoms. The van der Waals surface area contributed by atoms with Gasteiger partial charge in [-0.05, 0) is 45.7 Å². The van der Waals surface area contributed by atoms with Gasteiger partial charge < -0.3 is 15.0 Å². The van der Waals surface area contributed by atoms with E-state index < -0.39 is 0 Å². The van der Waals surface area contributed by atoms with E-state index in [1.54, 1.807) is 0 Å². The van der Waals surface area contributed by atoms with Crippen molar-refractivity contribution < 1.29 is 4.74 Å². The predicted molar refractivity (Wildman–Crippen MR) is 82.0 cm³/mol. The lowest BCUT2D eigenvalue weighted by molar-refractivity contribution is -0.0496. The first-order valence-electron chi connectivity index (χ1n) is 8.42. The molecule has 0 aromatic rings. The minimum Gasteiger partial charge on any atom is -0.374 e. The van der Waals surface area contributed by atoms with Crippen molar-refractivity contribution in [3.63, 3.8) is 0 Å². The zero-order valence-electron chi connectivity index (χ0n) is 13.3. The fraction of sp³-hybridized carbons (Fsp3) is 1.00.